The highest BCUT2D eigenvalue weighted by atomic mass is 16.5. The third-order valence-corrected chi connectivity index (χ3v) is 2.29. The molecule has 0 atom stereocenters. The van der Waals surface area contributed by atoms with Crippen molar-refractivity contribution in [3.63, 3.8) is 0 Å². The van der Waals surface area contributed by atoms with Gasteiger partial charge in [0.1, 0.15) is 0 Å². The number of aliphatic imine (C=N–C) groups is 1. The molecule has 15 heavy (non-hydrogen) atoms. The first kappa shape index (κ1) is 12.2. The highest BCUT2D eigenvalue weighted by Gasteiger charge is 2.09. The van der Waals surface area contributed by atoms with Gasteiger partial charge in [0.25, 0.3) is 0 Å². The standard InChI is InChI=1S/C12H22N2O/c1-5-12-9-14(8-11(4)13-12)6-7-15-10(2)3/h9-10H,5-8H2,1-4H3. The molecule has 0 fully saturated rings. The Morgan fingerprint density at radius 3 is 2.87 bits per heavy atom. The zero-order chi connectivity index (χ0) is 11.3. The Labute approximate surface area is 92.8 Å². The Kier molecular flexibility index (Phi) is 4.82. The topological polar surface area (TPSA) is 24.8 Å². The summed E-state index contributed by atoms with van der Waals surface area (Å²) in [6.07, 6.45) is 3.47. The maximum Gasteiger partial charge on any atom is 0.0645 e. The van der Waals surface area contributed by atoms with Gasteiger partial charge in [0.05, 0.1) is 25.0 Å². The van der Waals surface area contributed by atoms with Gasteiger partial charge in [-0.1, -0.05) is 6.92 Å². The van der Waals surface area contributed by atoms with E-state index in [2.05, 4.69) is 43.8 Å². The van der Waals surface area contributed by atoms with E-state index in [0.717, 1.165) is 26.1 Å². The van der Waals surface area contributed by atoms with Crippen molar-refractivity contribution in [3.8, 4) is 0 Å². The van der Waals surface area contributed by atoms with E-state index < -0.39 is 0 Å². The molecular weight excluding hydrogens is 188 g/mol. The van der Waals surface area contributed by atoms with E-state index in [-0.39, 0.29) is 0 Å². The monoisotopic (exact) mass is 210 g/mol. The van der Waals surface area contributed by atoms with Crippen molar-refractivity contribution in [1.82, 2.24) is 4.90 Å². The minimum absolute atomic E-state index is 0.319. The molecule has 0 bridgehead atoms. The first-order valence-electron chi connectivity index (χ1n) is 5.72. The summed E-state index contributed by atoms with van der Waals surface area (Å²) in [5.74, 6) is 0. The predicted molar refractivity (Wildman–Crippen MR) is 64.1 cm³/mol. The van der Waals surface area contributed by atoms with Gasteiger partial charge in [0.15, 0.2) is 0 Å². The molecule has 1 aliphatic rings. The van der Waals surface area contributed by atoms with Gasteiger partial charge in [0, 0.05) is 18.5 Å². The Bertz CT molecular complexity index is 256. The molecule has 0 aromatic carbocycles. The summed E-state index contributed by atoms with van der Waals surface area (Å²) in [6, 6.07) is 0. The summed E-state index contributed by atoms with van der Waals surface area (Å²) in [4.78, 5) is 6.77. The Balaban J connectivity index is 2.37. The lowest BCUT2D eigenvalue weighted by Gasteiger charge is -2.25. The number of hydrogen-bond acceptors (Lipinski definition) is 3. The van der Waals surface area contributed by atoms with Crippen LogP contribution in [-0.2, 0) is 4.74 Å². The zero-order valence-electron chi connectivity index (χ0n) is 10.3. The van der Waals surface area contributed by atoms with Crippen molar-refractivity contribution in [1.29, 1.82) is 0 Å². The van der Waals surface area contributed by atoms with Crippen LogP contribution in [0.5, 0.6) is 0 Å². The van der Waals surface area contributed by atoms with Gasteiger partial charge in [-0.15, -0.1) is 0 Å². The van der Waals surface area contributed by atoms with E-state index in [0.29, 0.717) is 6.10 Å². The smallest absolute Gasteiger partial charge is 0.0645 e. The molecule has 0 saturated carbocycles. The fourth-order valence-electron chi connectivity index (χ4n) is 1.58. The lowest BCUT2D eigenvalue weighted by atomic mass is 10.2. The van der Waals surface area contributed by atoms with Gasteiger partial charge in [-0.25, -0.2) is 0 Å². The van der Waals surface area contributed by atoms with Crippen LogP contribution >= 0.6 is 0 Å². The van der Waals surface area contributed by atoms with E-state index in [1.807, 2.05) is 0 Å². The zero-order valence-corrected chi connectivity index (χ0v) is 10.3. The number of ether oxygens (including phenoxy) is 1. The molecule has 1 aliphatic heterocycles. The first-order chi connectivity index (χ1) is 7.11. The molecular formula is C12H22N2O. The molecule has 0 saturated heterocycles. The van der Waals surface area contributed by atoms with Gasteiger partial charge in [0.2, 0.25) is 0 Å². The Hall–Kier alpha value is -0.830. The molecule has 0 aliphatic carbocycles. The quantitative estimate of drug-likeness (QED) is 0.696. The highest BCUT2D eigenvalue weighted by molar-refractivity contribution is 5.85. The normalized spacial score (nSPS) is 16.7. The van der Waals surface area contributed by atoms with Gasteiger partial charge in [-0.2, -0.15) is 0 Å². The van der Waals surface area contributed by atoms with Crippen LogP contribution < -0.4 is 0 Å². The second-order valence-electron chi connectivity index (χ2n) is 4.21. The van der Waals surface area contributed by atoms with Gasteiger partial charge < -0.3 is 9.64 Å². The van der Waals surface area contributed by atoms with Crippen molar-refractivity contribution in [3.05, 3.63) is 11.9 Å². The van der Waals surface area contributed by atoms with Crippen LogP contribution in [0.4, 0.5) is 0 Å². The third kappa shape index (κ3) is 4.47. The third-order valence-electron chi connectivity index (χ3n) is 2.29. The molecule has 0 amide bonds. The number of allylic oxidation sites excluding steroid dienone is 1. The van der Waals surface area contributed by atoms with Crippen LogP contribution in [-0.4, -0.2) is 36.4 Å². The van der Waals surface area contributed by atoms with Crippen molar-refractivity contribution in [2.75, 3.05) is 19.7 Å². The lowest BCUT2D eigenvalue weighted by Crippen LogP contribution is -2.30. The summed E-state index contributed by atoms with van der Waals surface area (Å²) in [5.41, 5.74) is 2.36. The van der Waals surface area contributed by atoms with Gasteiger partial charge in [-0.3, -0.25) is 4.99 Å². The van der Waals surface area contributed by atoms with Crippen LogP contribution in [0.25, 0.3) is 0 Å². The van der Waals surface area contributed by atoms with E-state index in [9.17, 15) is 0 Å². The minimum Gasteiger partial charge on any atom is -0.377 e. The first-order valence-corrected chi connectivity index (χ1v) is 5.72. The van der Waals surface area contributed by atoms with E-state index in [1.54, 1.807) is 0 Å². The lowest BCUT2D eigenvalue weighted by molar-refractivity contribution is 0.0687. The Morgan fingerprint density at radius 1 is 1.53 bits per heavy atom. The van der Waals surface area contributed by atoms with Crippen molar-refractivity contribution >= 4 is 5.71 Å². The second-order valence-corrected chi connectivity index (χ2v) is 4.21. The molecule has 1 rings (SSSR count). The molecule has 0 aromatic rings. The molecule has 0 spiro atoms. The predicted octanol–water partition coefficient (Wildman–Crippen LogP) is 2.44. The van der Waals surface area contributed by atoms with Gasteiger partial charge in [-0.05, 0) is 27.2 Å². The molecule has 0 unspecified atom stereocenters. The fourth-order valence-corrected chi connectivity index (χ4v) is 1.58. The van der Waals surface area contributed by atoms with Crippen molar-refractivity contribution in [2.24, 2.45) is 4.99 Å². The SMILES string of the molecule is CCC1=CN(CCOC(C)C)CC(C)=N1. The number of hydrogen-bond donors (Lipinski definition) is 0. The summed E-state index contributed by atoms with van der Waals surface area (Å²) in [5, 5.41) is 0. The van der Waals surface area contributed by atoms with Crippen LogP contribution in [0.15, 0.2) is 16.9 Å². The minimum atomic E-state index is 0.319. The molecule has 0 N–H and O–H groups in total. The average Bonchev–Trinajstić information content (AvgIpc) is 2.16. The van der Waals surface area contributed by atoms with E-state index >= 15 is 0 Å². The molecule has 3 heteroatoms. The number of nitrogens with zero attached hydrogens (tertiary/aromatic N) is 2. The fraction of sp³-hybridized carbons (Fsp3) is 0.750. The van der Waals surface area contributed by atoms with Crippen LogP contribution in [0, 0.1) is 0 Å². The maximum absolute atomic E-state index is 5.54. The van der Waals surface area contributed by atoms with Crippen molar-refractivity contribution in [2.45, 2.75) is 40.2 Å². The van der Waals surface area contributed by atoms with Gasteiger partial charge >= 0.3 is 0 Å². The van der Waals surface area contributed by atoms with Crippen LogP contribution in [0.3, 0.4) is 0 Å². The number of rotatable bonds is 5. The maximum atomic E-state index is 5.54. The van der Waals surface area contributed by atoms with E-state index in [1.165, 1.54) is 11.4 Å². The van der Waals surface area contributed by atoms with Crippen LogP contribution in [0.2, 0.25) is 0 Å². The molecule has 0 radical (unpaired) electrons. The van der Waals surface area contributed by atoms with E-state index in [4.69, 9.17) is 4.74 Å². The summed E-state index contributed by atoms with van der Waals surface area (Å²) in [6.45, 7) is 11.0. The van der Waals surface area contributed by atoms with Crippen LogP contribution in [0.1, 0.15) is 34.1 Å². The summed E-state index contributed by atoms with van der Waals surface area (Å²) in [7, 11) is 0. The average molecular weight is 210 g/mol. The Morgan fingerprint density at radius 2 is 2.27 bits per heavy atom. The highest BCUT2D eigenvalue weighted by Crippen LogP contribution is 2.11. The molecule has 86 valence electrons. The molecule has 3 nitrogen and oxygen atoms in total. The largest absolute Gasteiger partial charge is 0.377 e. The molecule has 0 aromatic heterocycles. The summed E-state index contributed by atoms with van der Waals surface area (Å²) < 4.78 is 5.54. The molecule has 1 heterocycles. The second kappa shape index (κ2) is 5.91. The summed E-state index contributed by atoms with van der Waals surface area (Å²) >= 11 is 0. The van der Waals surface area contributed by atoms with Crippen molar-refractivity contribution < 1.29 is 4.74 Å².